The van der Waals surface area contributed by atoms with E-state index in [2.05, 4.69) is 0 Å². The number of hydrogen-bond donors (Lipinski definition) is 5. The maximum Gasteiger partial charge on any atom is 0.320 e. The van der Waals surface area contributed by atoms with Gasteiger partial charge >= 0.3 is 5.97 Å². The van der Waals surface area contributed by atoms with Crippen molar-refractivity contribution in [1.29, 1.82) is 0 Å². The molecule has 0 fully saturated rings. The lowest BCUT2D eigenvalue weighted by atomic mass is 10.1. The Kier molecular flexibility index (Phi) is 6.33. The molecule has 0 aliphatic heterocycles. The van der Waals surface area contributed by atoms with Crippen LogP contribution < -0.4 is 16.8 Å². The van der Waals surface area contributed by atoms with E-state index in [0.717, 1.165) is 0 Å². The summed E-state index contributed by atoms with van der Waals surface area (Å²) in [5, 5.41) is 19.4. The number of carbonyl (C=O) groups excluding carboxylic acids is 2. The second-order valence-corrected chi connectivity index (χ2v) is 3.66. The van der Waals surface area contributed by atoms with E-state index in [1.165, 1.54) is 6.92 Å². The Balaban J connectivity index is 4.03. The molecule has 0 aliphatic rings. The number of nitrogens with one attached hydrogen (secondary N) is 1. The van der Waals surface area contributed by atoms with Gasteiger partial charge in [-0.25, -0.2) is 0 Å². The minimum absolute atomic E-state index is 0.0850. The lowest BCUT2D eigenvalue weighted by Crippen LogP contribution is -2.49. The first-order chi connectivity index (χ1) is 7.75. The number of aliphatic carboxylic acids is 1. The first-order valence-electron chi connectivity index (χ1n) is 5.01. The number of hydrogen-bond acceptors (Lipinski definition) is 6. The molecule has 0 aliphatic carbocycles. The van der Waals surface area contributed by atoms with Gasteiger partial charge in [-0.3, -0.25) is 19.7 Å². The summed E-state index contributed by atoms with van der Waals surface area (Å²) >= 11 is 0. The zero-order chi connectivity index (χ0) is 13.6. The molecule has 0 spiro atoms. The van der Waals surface area contributed by atoms with Crippen molar-refractivity contribution in [1.82, 2.24) is 5.32 Å². The van der Waals surface area contributed by atoms with Crippen LogP contribution in [0.25, 0.3) is 0 Å². The Morgan fingerprint density at radius 3 is 2.24 bits per heavy atom. The fourth-order valence-corrected chi connectivity index (χ4v) is 0.912. The number of carbonyl (C=O) groups is 3. The summed E-state index contributed by atoms with van der Waals surface area (Å²) < 4.78 is 0. The van der Waals surface area contributed by atoms with Crippen LogP contribution in [0.1, 0.15) is 19.8 Å². The van der Waals surface area contributed by atoms with Crippen LogP contribution in [0.5, 0.6) is 0 Å². The average molecular weight is 247 g/mol. The van der Waals surface area contributed by atoms with E-state index in [4.69, 9.17) is 21.7 Å². The van der Waals surface area contributed by atoms with E-state index in [9.17, 15) is 14.4 Å². The molecule has 0 aromatic rings. The summed E-state index contributed by atoms with van der Waals surface area (Å²) in [6, 6.07) is -2.35. The zero-order valence-electron chi connectivity index (χ0n) is 9.42. The summed E-state index contributed by atoms with van der Waals surface area (Å²) in [6.45, 7) is 1.31. The van der Waals surface area contributed by atoms with Gasteiger partial charge in [0.1, 0.15) is 12.1 Å². The maximum atomic E-state index is 11.2. The van der Waals surface area contributed by atoms with Gasteiger partial charge in [0.05, 0.1) is 6.10 Å². The molecule has 0 bridgehead atoms. The summed E-state index contributed by atoms with van der Waals surface area (Å²) in [4.78, 5) is 32.8. The first-order valence-corrected chi connectivity index (χ1v) is 5.01. The van der Waals surface area contributed by atoms with Crippen LogP contribution in [0.3, 0.4) is 0 Å². The standard InChI is InChI=1S/C9H17N3O5/c1-4(13)7(11)8(15)12-6(14)3-2-5(10)9(16)17/h4-5,7,13H,2-3,10-11H2,1H3,(H,16,17)(H,12,14,15). The molecule has 2 amide bonds. The summed E-state index contributed by atoms with van der Waals surface area (Å²) in [5.74, 6) is -2.71. The number of imide groups is 1. The lowest BCUT2D eigenvalue weighted by molar-refractivity contribution is -0.138. The molecule has 98 valence electrons. The highest BCUT2D eigenvalue weighted by Gasteiger charge is 2.21. The third kappa shape index (κ3) is 5.95. The normalized spacial score (nSPS) is 15.8. The zero-order valence-corrected chi connectivity index (χ0v) is 9.42. The molecule has 0 aromatic heterocycles. The molecule has 3 atom stereocenters. The molecule has 0 radical (unpaired) electrons. The van der Waals surface area contributed by atoms with E-state index >= 15 is 0 Å². The molecule has 8 nitrogen and oxygen atoms in total. The Hall–Kier alpha value is -1.51. The van der Waals surface area contributed by atoms with Gasteiger partial charge < -0.3 is 21.7 Å². The van der Waals surface area contributed by atoms with Crippen molar-refractivity contribution in [3.63, 3.8) is 0 Å². The van der Waals surface area contributed by atoms with Gasteiger partial charge in [-0.15, -0.1) is 0 Å². The highest BCUT2D eigenvalue weighted by Crippen LogP contribution is 1.96. The van der Waals surface area contributed by atoms with Crippen LogP contribution in [0.4, 0.5) is 0 Å². The van der Waals surface area contributed by atoms with E-state index in [-0.39, 0.29) is 12.8 Å². The third-order valence-corrected chi connectivity index (χ3v) is 2.08. The van der Waals surface area contributed by atoms with E-state index in [1.54, 1.807) is 0 Å². The van der Waals surface area contributed by atoms with Crippen LogP contribution in [0.2, 0.25) is 0 Å². The average Bonchev–Trinajstić information content (AvgIpc) is 2.24. The van der Waals surface area contributed by atoms with Gasteiger partial charge in [0.2, 0.25) is 11.8 Å². The van der Waals surface area contributed by atoms with Gasteiger partial charge in [0, 0.05) is 6.42 Å². The monoisotopic (exact) mass is 247 g/mol. The first kappa shape index (κ1) is 15.5. The predicted octanol–water partition coefficient (Wildman–Crippen LogP) is -2.47. The smallest absolute Gasteiger partial charge is 0.320 e. The summed E-state index contributed by atoms with van der Waals surface area (Å²) in [5.41, 5.74) is 10.5. The second kappa shape index (κ2) is 6.94. The van der Waals surface area contributed by atoms with Gasteiger partial charge in [-0.05, 0) is 13.3 Å². The second-order valence-electron chi connectivity index (χ2n) is 3.66. The third-order valence-electron chi connectivity index (χ3n) is 2.08. The SMILES string of the molecule is CC(O)C(N)C(=O)NC(=O)CCC(N)C(=O)O. The topological polar surface area (TPSA) is 156 Å². The molecule has 0 rings (SSSR count). The van der Waals surface area contributed by atoms with Crippen molar-refractivity contribution >= 4 is 17.8 Å². The van der Waals surface area contributed by atoms with Crippen LogP contribution in [0.15, 0.2) is 0 Å². The number of aliphatic hydroxyl groups excluding tert-OH is 1. The van der Waals surface area contributed by atoms with Gasteiger partial charge in [0.25, 0.3) is 0 Å². The summed E-state index contributed by atoms with van der Waals surface area (Å²) in [6.07, 6.45) is -1.37. The highest BCUT2D eigenvalue weighted by atomic mass is 16.4. The number of carboxylic acids is 1. The number of carboxylic acid groups (broad SMARTS) is 1. The molecular formula is C9H17N3O5. The van der Waals surface area contributed by atoms with Crippen molar-refractivity contribution in [3.8, 4) is 0 Å². The number of rotatable bonds is 6. The Labute approximate surface area is 98.0 Å². The lowest BCUT2D eigenvalue weighted by Gasteiger charge is -2.13. The molecule has 0 saturated heterocycles. The van der Waals surface area contributed by atoms with Crippen LogP contribution in [-0.4, -0.2) is 46.2 Å². The van der Waals surface area contributed by atoms with Gasteiger partial charge in [0.15, 0.2) is 0 Å². The van der Waals surface area contributed by atoms with Crippen LogP contribution in [-0.2, 0) is 14.4 Å². The van der Waals surface area contributed by atoms with Crippen LogP contribution in [0, 0.1) is 0 Å². The number of nitrogens with two attached hydrogens (primary N) is 2. The van der Waals surface area contributed by atoms with E-state index < -0.39 is 36.0 Å². The Bertz CT molecular complexity index is 305. The molecular weight excluding hydrogens is 230 g/mol. The van der Waals surface area contributed by atoms with Crippen molar-refractivity contribution in [2.45, 2.75) is 38.0 Å². The van der Waals surface area contributed by atoms with Crippen LogP contribution >= 0.6 is 0 Å². The minimum atomic E-state index is -1.22. The molecule has 0 saturated carbocycles. The quantitative estimate of drug-likeness (QED) is 0.348. The fraction of sp³-hybridized carbons (Fsp3) is 0.667. The van der Waals surface area contributed by atoms with E-state index in [1.807, 2.05) is 5.32 Å². The molecule has 7 N–H and O–H groups in total. The largest absolute Gasteiger partial charge is 0.480 e. The van der Waals surface area contributed by atoms with E-state index in [0.29, 0.717) is 0 Å². The molecule has 0 aromatic carbocycles. The highest BCUT2D eigenvalue weighted by molar-refractivity contribution is 5.98. The number of amides is 2. The van der Waals surface area contributed by atoms with Crippen molar-refractivity contribution in [3.05, 3.63) is 0 Å². The number of aliphatic hydroxyl groups is 1. The molecule has 8 heteroatoms. The van der Waals surface area contributed by atoms with Crippen molar-refractivity contribution in [2.75, 3.05) is 0 Å². The molecule has 3 unspecified atom stereocenters. The van der Waals surface area contributed by atoms with Gasteiger partial charge in [-0.2, -0.15) is 0 Å². The Morgan fingerprint density at radius 2 is 1.82 bits per heavy atom. The Morgan fingerprint density at radius 1 is 1.29 bits per heavy atom. The summed E-state index contributed by atoms with van der Waals surface area (Å²) in [7, 11) is 0. The van der Waals surface area contributed by atoms with Gasteiger partial charge in [-0.1, -0.05) is 0 Å². The minimum Gasteiger partial charge on any atom is -0.480 e. The maximum absolute atomic E-state index is 11.2. The molecule has 17 heavy (non-hydrogen) atoms. The van der Waals surface area contributed by atoms with Crippen molar-refractivity contribution in [2.24, 2.45) is 11.5 Å². The molecule has 0 heterocycles. The fourth-order valence-electron chi connectivity index (χ4n) is 0.912. The predicted molar refractivity (Wildman–Crippen MR) is 57.7 cm³/mol. The van der Waals surface area contributed by atoms with Crippen molar-refractivity contribution < 1.29 is 24.6 Å².